The summed E-state index contributed by atoms with van der Waals surface area (Å²) in [5.74, 6) is -0.0162. The number of carbonyl (C=O) groups excluding carboxylic acids is 1. The summed E-state index contributed by atoms with van der Waals surface area (Å²) in [6.45, 7) is 3.67. The maximum Gasteiger partial charge on any atom is 0.248 e. The highest BCUT2D eigenvalue weighted by Gasteiger charge is 2.20. The molecule has 3 nitrogen and oxygen atoms in total. The maximum atomic E-state index is 10.6. The summed E-state index contributed by atoms with van der Waals surface area (Å²) in [6, 6.07) is 0. The van der Waals surface area contributed by atoms with Crippen molar-refractivity contribution in [1.29, 1.82) is 0 Å². The first kappa shape index (κ1) is 5.28. The molecule has 1 aliphatic rings. The summed E-state index contributed by atoms with van der Waals surface area (Å²) in [5.41, 5.74) is 3.24. The van der Waals surface area contributed by atoms with Crippen LogP contribution in [0, 0.1) is 5.92 Å². The zero-order chi connectivity index (χ0) is 6.15. The molecule has 1 aliphatic heterocycles. The summed E-state index contributed by atoms with van der Waals surface area (Å²) in [5, 5.41) is 3.72. The van der Waals surface area contributed by atoms with Crippen molar-refractivity contribution in [3.05, 3.63) is 0 Å². The molecule has 0 saturated heterocycles. The van der Waals surface area contributed by atoms with Crippen molar-refractivity contribution in [2.24, 2.45) is 11.0 Å². The molecule has 0 bridgehead atoms. The van der Waals surface area contributed by atoms with Gasteiger partial charge in [0.05, 0.1) is 5.92 Å². The molecule has 0 spiro atoms. The van der Waals surface area contributed by atoms with E-state index in [-0.39, 0.29) is 11.8 Å². The molecule has 0 radical (unpaired) electrons. The van der Waals surface area contributed by atoms with E-state index in [0.717, 1.165) is 5.71 Å². The van der Waals surface area contributed by atoms with Crippen LogP contribution < -0.4 is 5.43 Å². The first-order valence-electron chi connectivity index (χ1n) is 2.56. The van der Waals surface area contributed by atoms with Gasteiger partial charge in [0.2, 0.25) is 5.91 Å². The summed E-state index contributed by atoms with van der Waals surface area (Å²) in [7, 11) is 0. The predicted molar refractivity (Wildman–Crippen MR) is 30.4 cm³/mol. The molecule has 1 heterocycles. The number of amides is 1. The van der Waals surface area contributed by atoms with E-state index in [0.29, 0.717) is 0 Å². The van der Waals surface area contributed by atoms with Gasteiger partial charge in [-0.2, -0.15) is 5.10 Å². The largest absolute Gasteiger partial charge is 0.272 e. The number of nitrogens with one attached hydrogen (secondary N) is 1. The number of rotatable bonds is 0. The second-order valence-electron chi connectivity index (χ2n) is 1.95. The summed E-state index contributed by atoms with van der Waals surface area (Å²) < 4.78 is 0. The molecule has 3 heteroatoms. The molecular formula is C5H8N2O. The van der Waals surface area contributed by atoms with Gasteiger partial charge in [0, 0.05) is 5.71 Å². The van der Waals surface area contributed by atoms with Gasteiger partial charge >= 0.3 is 0 Å². The lowest BCUT2D eigenvalue weighted by Crippen LogP contribution is -2.18. The Balaban J connectivity index is 2.72. The zero-order valence-electron chi connectivity index (χ0n) is 4.93. The number of nitrogens with zero attached hydrogens (tertiary/aromatic N) is 1. The first-order valence-corrected chi connectivity index (χ1v) is 2.56. The van der Waals surface area contributed by atoms with E-state index in [1.165, 1.54) is 0 Å². The van der Waals surface area contributed by atoms with Gasteiger partial charge in [0.15, 0.2) is 0 Å². The van der Waals surface area contributed by atoms with Crippen molar-refractivity contribution in [2.45, 2.75) is 13.8 Å². The van der Waals surface area contributed by atoms with Crippen LogP contribution in [-0.4, -0.2) is 11.6 Å². The molecule has 1 amide bonds. The minimum absolute atomic E-state index is 0.00231. The Hall–Kier alpha value is -0.860. The highest BCUT2D eigenvalue weighted by atomic mass is 16.2. The standard InChI is InChI=1S/C5H8N2O/c1-3-4(2)6-7-5(3)8/h3H,1-2H3,(H,7,8)/t3-/m1/s1. The molecule has 8 heavy (non-hydrogen) atoms. The van der Waals surface area contributed by atoms with Gasteiger partial charge in [0.1, 0.15) is 0 Å². The van der Waals surface area contributed by atoms with E-state index < -0.39 is 0 Å². The van der Waals surface area contributed by atoms with E-state index in [4.69, 9.17) is 0 Å². The predicted octanol–water partition coefficient (Wildman–Crippen LogP) is 0.128. The summed E-state index contributed by atoms with van der Waals surface area (Å²) in [6.07, 6.45) is 0. The quantitative estimate of drug-likeness (QED) is 0.475. The fraction of sp³-hybridized carbons (Fsp3) is 0.600. The molecule has 0 aromatic heterocycles. The third kappa shape index (κ3) is 0.598. The monoisotopic (exact) mass is 112 g/mol. The number of hydrazone groups is 1. The lowest BCUT2D eigenvalue weighted by atomic mass is 10.1. The smallest absolute Gasteiger partial charge is 0.248 e. The Morgan fingerprint density at radius 3 is 2.50 bits per heavy atom. The normalized spacial score (nSPS) is 27.5. The Labute approximate surface area is 47.8 Å². The molecule has 0 aromatic carbocycles. The third-order valence-corrected chi connectivity index (χ3v) is 1.36. The Morgan fingerprint density at radius 1 is 1.75 bits per heavy atom. The zero-order valence-corrected chi connectivity index (χ0v) is 4.93. The second kappa shape index (κ2) is 1.58. The van der Waals surface area contributed by atoms with Crippen LogP contribution in [0.25, 0.3) is 0 Å². The van der Waals surface area contributed by atoms with Crippen molar-refractivity contribution in [3.8, 4) is 0 Å². The SMILES string of the molecule is CC1=NNC(=O)[C@@H]1C. The van der Waals surface area contributed by atoms with Crippen molar-refractivity contribution in [2.75, 3.05) is 0 Å². The minimum Gasteiger partial charge on any atom is -0.272 e. The Bertz CT molecular complexity index is 151. The number of hydrogen-bond acceptors (Lipinski definition) is 2. The highest BCUT2D eigenvalue weighted by Crippen LogP contribution is 2.03. The van der Waals surface area contributed by atoms with Crippen LogP contribution in [0.15, 0.2) is 5.10 Å². The number of hydrogen-bond donors (Lipinski definition) is 1. The maximum absolute atomic E-state index is 10.6. The molecule has 0 saturated carbocycles. The van der Waals surface area contributed by atoms with Gasteiger partial charge in [0.25, 0.3) is 0 Å². The second-order valence-corrected chi connectivity index (χ2v) is 1.95. The van der Waals surface area contributed by atoms with Crippen LogP contribution in [0.3, 0.4) is 0 Å². The summed E-state index contributed by atoms with van der Waals surface area (Å²) >= 11 is 0. The van der Waals surface area contributed by atoms with E-state index >= 15 is 0 Å². The van der Waals surface area contributed by atoms with Crippen LogP contribution >= 0.6 is 0 Å². The number of carbonyl (C=O) groups is 1. The van der Waals surface area contributed by atoms with Gasteiger partial charge in [-0.1, -0.05) is 0 Å². The average molecular weight is 112 g/mol. The van der Waals surface area contributed by atoms with Gasteiger partial charge in [-0.25, -0.2) is 5.43 Å². The van der Waals surface area contributed by atoms with Crippen molar-refractivity contribution >= 4 is 11.6 Å². The van der Waals surface area contributed by atoms with E-state index in [1.807, 2.05) is 13.8 Å². The molecule has 0 fully saturated rings. The molecule has 0 aromatic rings. The fourth-order valence-corrected chi connectivity index (χ4v) is 0.527. The van der Waals surface area contributed by atoms with E-state index in [9.17, 15) is 4.79 Å². The fourth-order valence-electron chi connectivity index (χ4n) is 0.527. The molecule has 0 aliphatic carbocycles. The van der Waals surface area contributed by atoms with E-state index in [1.54, 1.807) is 0 Å². The van der Waals surface area contributed by atoms with Gasteiger partial charge in [-0.05, 0) is 13.8 Å². The molecule has 1 atom stereocenters. The van der Waals surface area contributed by atoms with Crippen molar-refractivity contribution in [3.63, 3.8) is 0 Å². The van der Waals surface area contributed by atoms with Gasteiger partial charge < -0.3 is 0 Å². The van der Waals surface area contributed by atoms with Crippen molar-refractivity contribution < 1.29 is 4.79 Å². The molecule has 1 N–H and O–H groups in total. The van der Waals surface area contributed by atoms with Crippen molar-refractivity contribution in [1.82, 2.24) is 5.43 Å². The molecule has 0 unspecified atom stereocenters. The first-order chi connectivity index (χ1) is 3.72. The highest BCUT2D eigenvalue weighted by molar-refractivity contribution is 6.06. The molecular weight excluding hydrogens is 104 g/mol. The van der Waals surface area contributed by atoms with Crippen LogP contribution in [0.2, 0.25) is 0 Å². The van der Waals surface area contributed by atoms with Crippen LogP contribution in [0.1, 0.15) is 13.8 Å². The van der Waals surface area contributed by atoms with Gasteiger partial charge in [-0.15, -0.1) is 0 Å². The molecule has 1 rings (SSSR count). The summed E-state index contributed by atoms with van der Waals surface area (Å²) in [4.78, 5) is 10.6. The Kier molecular flexibility index (Phi) is 1.04. The van der Waals surface area contributed by atoms with Crippen LogP contribution in [0.4, 0.5) is 0 Å². The lowest BCUT2D eigenvalue weighted by molar-refractivity contribution is -0.121. The lowest BCUT2D eigenvalue weighted by Gasteiger charge is -1.93. The minimum atomic E-state index is -0.0185. The van der Waals surface area contributed by atoms with Gasteiger partial charge in [-0.3, -0.25) is 4.79 Å². The average Bonchev–Trinajstić information content (AvgIpc) is 1.98. The third-order valence-electron chi connectivity index (χ3n) is 1.36. The van der Waals surface area contributed by atoms with Crippen LogP contribution in [0.5, 0.6) is 0 Å². The van der Waals surface area contributed by atoms with Crippen LogP contribution in [-0.2, 0) is 4.79 Å². The van der Waals surface area contributed by atoms with E-state index in [2.05, 4.69) is 10.5 Å². The topological polar surface area (TPSA) is 41.5 Å². The molecule has 44 valence electrons. The Morgan fingerprint density at radius 2 is 2.38 bits per heavy atom.